The van der Waals surface area contributed by atoms with Gasteiger partial charge in [-0.3, -0.25) is 4.90 Å². The van der Waals surface area contributed by atoms with Gasteiger partial charge in [0, 0.05) is 26.1 Å². The number of rotatable bonds is 6. The maximum atomic E-state index is 11.0. The number of nitrogens with one attached hydrogen (secondary N) is 1. The summed E-state index contributed by atoms with van der Waals surface area (Å²) in [6.07, 6.45) is 6.38. The first kappa shape index (κ1) is 20.3. The summed E-state index contributed by atoms with van der Waals surface area (Å²) in [5.41, 5.74) is 7.27. The van der Waals surface area contributed by atoms with Gasteiger partial charge in [0.25, 0.3) is 0 Å². The number of piperidine rings is 1. The summed E-state index contributed by atoms with van der Waals surface area (Å²) in [5.74, 6) is 1.12. The number of benzene rings is 2. The minimum absolute atomic E-state index is 0.515. The highest BCUT2D eigenvalue weighted by atomic mass is 16.1. The molecule has 1 fully saturated rings. The minimum atomic E-state index is 0.515. The maximum absolute atomic E-state index is 11.0. The lowest BCUT2D eigenvalue weighted by Crippen LogP contribution is -2.39. The molecule has 2 aromatic rings. The van der Waals surface area contributed by atoms with Gasteiger partial charge in [0.15, 0.2) is 0 Å². The summed E-state index contributed by atoms with van der Waals surface area (Å²) in [7, 11) is 0. The number of hydrogen-bond acceptors (Lipinski definition) is 3. The Morgan fingerprint density at radius 1 is 1.17 bits per heavy atom. The van der Waals surface area contributed by atoms with Gasteiger partial charge in [0.1, 0.15) is 6.29 Å². The van der Waals surface area contributed by atoms with Crippen molar-refractivity contribution in [2.24, 2.45) is 5.92 Å². The van der Waals surface area contributed by atoms with Gasteiger partial charge in [-0.25, -0.2) is 0 Å². The average Bonchev–Trinajstić information content (AvgIpc) is 2.99. The van der Waals surface area contributed by atoms with Gasteiger partial charge in [-0.15, -0.1) is 0 Å². The SMILES string of the molecule is Cc1ccccc1CN1CCC(CCC=O)C(c2ccc3c(c2)CNCCC3)C1. The summed E-state index contributed by atoms with van der Waals surface area (Å²) < 4.78 is 0. The van der Waals surface area contributed by atoms with Crippen molar-refractivity contribution in [1.82, 2.24) is 10.2 Å². The molecule has 2 atom stereocenters. The van der Waals surface area contributed by atoms with Crippen LogP contribution in [0.25, 0.3) is 0 Å². The van der Waals surface area contributed by atoms with E-state index >= 15 is 0 Å². The van der Waals surface area contributed by atoms with Crippen molar-refractivity contribution < 1.29 is 4.79 Å². The van der Waals surface area contributed by atoms with Gasteiger partial charge in [0.2, 0.25) is 0 Å². The number of nitrogens with zero attached hydrogens (tertiary/aromatic N) is 1. The molecule has 1 saturated heterocycles. The number of aldehydes is 1. The van der Waals surface area contributed by atoms with Crippen molar-refractivity contribution in [2.75, 3.05) is 19.6 Å². The zero-order valence-electron chi connectivity index (χ0n) is 17.7. The van der Waals surface area contributed by atoms with Crippen LogP contribution in [0.3, 0.4) is 0 Å². The zero-order chi connectivity index (χ0) is 20.1. The molecule has 2 unspecified atom stereocenters. The highest BCUT2D eigenvalue weighted by molar-refractivity contribution is 5.49. The average molecular weight is 391 g/mol. The predicted octanol–water partition coefficient (Wildman–Crippen LogP) is 4.62. The molecule has 3 heteroatoms. The van der Waals surface area contributed by atoms with E-state index in [4.69, 9.17) is 0 Å². The Morgan fingerprint density at radius 2 is 2.07 bits per heavy atom. The molecule has 0 radical (unpaired) electrons. The molecule has 0 aliphatic carbocycles. The number of likely N-dealkylation sites (tertiary alicyclic amines) is 1. The highest BCUT2D eigenvalue weighted by Crippen LogP contribution is 2.37. The molecule has 1 N–H and O–H groups in total. The molecule has 0 amide bonds. The molecule has 0 aromatic heterocycles. The Balaban J connectivity index is 1.55. The Labute approximate surface area is 175 Å². The van der Waals surface area contributed by atoms with Crippen LogP contribution in [0, 0.1) is 12.8 Å². The monoisotopic (exact) mass is 390 g/mol. The third-order valence-corrected chi connectivity index (χ3v) is 6.92. The third kappa shape index (κ3) is 4.96. The van der Waals surface area contributed by atoms with E-state index in [1.165, 1.54) is 47.1 Å². The van der Waals surface area contributed by atoms with Gasteiger partial charge < -0.3 is 10.1 Å². The maximum Gasteiger partial charge on any atom is 0.120 e. The Hall–Kier alpha value is -1.97. The third-order valence-electron chi connectivity index (χ3n) is 6.92. The molecule has 2 aromatic carbocycles. The zero-order valence-corrected chi connectivity index (χ0v) is 17.7. The van der Waals surface area contributed by atoms with Crippen molar-refractivity contribution in [2.45, 2.75) is 58.0 Å². The normalized spacial score (nSPS) is 22.7. The van der Waals surface area contributed by atoms with Crippen LogP contribution >= 0.6 is 0 Å². The summed E-state index contributed by atoms with van der Waals surface area (Å²) in [6, 6.07) is 15.9. The lowest BCUT2D eigenvalue weighted by molar-refractivity contribution is -0.108. The van der Waals surface area contributed by atoms with Gasteiger partial charge in [-0.05, 0) is 85.3 Å². The van der Waals surface area contributed by atoms with E-state index in [0.29, 0.717) is 18.3 Å². The molecule has 4 rings (SSSR count). The largest absolute Gasteiger partial charge is 0.313 e. The number of hydrogen-bond donors (Lipinski definition) is 1. The van der Waals surface area contributed by atoms with E-state index in [1.807, 2.05) is 0 Å². The van der Waals surface area contributed by atoms with Crippen molar-refractivity contribution in [1.29, 1.82) is 0 Å². The molecular weight excluding hydrogens is 356 g/mol. The Bertz CT molecular complexity index is 831. The Morgan fingerprint density at radius 3 is 2.93 bits per heavy atom. The van der Waals surface area contributed by atoms with Gasteiger partial charge in [0.05, 0.1) is 0 Å². The molecule has 3 nitrogen and oxygen atoms in total. The molecule has 2 heterocycles. The molecule has 0 spiro atoms. The van der Waals surface area contributed by atoms with E-state index in [0.717, 1.165) is 45.4 Å². The second kappa shape index (κ2) is 9.69. The number of carbonyl (C=O) groups excluding carboxylic acids is 1. The van der Waals surface area contributed by atoms with Crippen molar-refractivity contribution >= 4 is 6.29 Å². The number of carbonyl (C=O) groups is 1. The first-order valence-corrected chi connectivity index (χ1v) is 11.3. The van der Waals surface area contributed by atoms with E-state index in [1.54, 1.807) is 0 Å². The topological polar surface area (TPSA) is 32.3 Å². The molecule has 2 aliphatic heterocycles. The van der Waals surface area contributed by atoms with Crippen LogP contribution < -0.4 is 5.32 Å². The quantitative estimate of drug-likeness (QED) is 0.731. The molecule has 2 aliphatic rings. The van der Waals surface area contributed by atoms with E-state index in [9.17, 15) is 4.79 Å². The van der Waals surface area contributed by atoms with Crippen LogP contribution in [-0.4, -0.2) is 30.8 Å². The number of aryl methyl sites for hydroxylation is 2. The minimum Gasteiger partial charge on any atom is -0.313 e. The van der Waals surface area contributed by atoms with Crippen LogP contribution in [0.15, 0.2) is 42.5 Å². The highest BCUT2D eigenvalue weighted by Gasteiger charge is 2.30. The Kier molecular flexibility index (Phi) is 6.78. The second-order valence-electron chi connectivity index (χ2n) is 8.87. The molecule has 154 valence electrons. The summed E-state index contributed by atoms with van der Waals surface area (Å²) in [4.78, 5) is 13.7. The van der Waals surface area contributed by atoms with Gasteiger partial charge in [-0.1, -0.05) is 42.5 Å². The fourth-order valence-electron chi connectivity index (χ4n) is 5.16. The van der Waals surface area contributed by atoms with Crippen molar-refractivity contribution in [3.63, 3.8) is 0 Å². The standard InChI is InChI=1S/C26H34N2O/c1-20-6-2-3-7-24(20)18-28-14-12-22(9-5-15-29)26(19-28)23-11-10-21-8-4-13-27-17-25(21)16-23/h2-3,6-7,10-11,15-16,22,26-27H,4-5,8-9,12-14,17-19H2,1H3. The lowest BCUT2D eigenvalue weighted by Gasteiger charge is -2.39. The van der Waals surface area contributed by atoms with Crippen molar-refractivity contribution in [3.8, 4) is 0 Å². The first-order valence-electron chi connectivity index (χ1n) is 11.3. The first-order chi connectivity index (χ1) is 14.2. The van der Waals surface area contributed by atoms with Crippen LogP contribution in [0.4, 0.5) is 0 Å². The fourth-order valence-corrected chi connectivity index (χ4v) is 5.16. The van der Waals surface area contributed by atoms with Crippen LogP contribution in [-0.2, 0) is 24.3 Å². The fraction of sp³-hybridized carbons (Fsp3) is 0.500. The van der Waals surface area contributed by atoms with Gasteiger partial charge >= 0.3 is 0 Å². The number of fused-ring (bicyclic) bond motifs is 1. The molecular formula is C26H34N2O. The smallest absolute Gasteiger partial charge is 0.120 e. The molecule has 0 saturated carbocycles. The van der Waals surface area contributed by atoms with Crippen molar-refractivity contribution in [3.05, 3.63) is 70.3 Å². The lowest BCUT2D eigenvalue weighted by atomic mass is 9.77. The van der Waals surface area contributed by atoms with E-state index < -0.39 is 0 Å². The molecule has 0 bridgehead atoms. The summed E-state index contributed by atoms with van der Waals surface area (Å²) >= 11 is 0. The predicted molar refractivity (Wildman–Crippen MR) is 119 cm³/mol. The second-order valence-corrected chi connectivity index (χ2v) is 8.87. The molecule has 29 heavy (non-hydrogen) atoms. The summed E-state index contributed by atoms with van der Waals surface area (Å²) in [6.45, 7) is 7.55. The van der Waals surface area contributed by atoms with Crippen LogP contribution in [0.1, 0.15) is 59.4 Å². The van der Waals surface area contributed by atoms with Crippen LogP contribution in [0.2, 0.25) is 0 Å². The van der Waals surface area contributed by atoms with Crippen LogP contribution in [0.5, 0.6) is 0 Å². The van der Waals surface area contributed by atoms with E-state index in [2.05, 4.69) is 59.6 Å². The van der Waals surface area contributed by atoms with E-state index in [-0.39, 0.29) is 0 Å². The van der Waals surface area contributed by atoms with Gasteiger partial charge in [-0.2, -0.15) is 0 Å². The summed E-state index contributed by atoms with van der Waals surface area (Å²) in [5, 5.41) is 3.57.